The zero-order valence-electron chi connectivity index (χ0n) is 12.6. The van der Waals surface area contributed by atoms with Crippen molar-refractivity contribution >= 4 is 17.4 Å². The predicted molar refractivity (Wildman–Crippen MR) is 83.5 cm³/mol. The molecule has 2 heterocycles. The van der Waals surface area contributed by atoms with Crippen LogP contribution in [0, 0.1) is 0 Å². The molecule has 5 nitrogen and oxygen atoms in total. The van der Waals surface area contributed by atoms with Gasteiger partial charge in [0.1, 0.15) is 5.60 Å². The lowest BCUT2D eigenvalue weighted by molar-refractivity contribution is 0.0580. The molecule has 3 unspecified atom stereocenters. The van der Waals surface area contributed by atoms with Crippen LogP contribution in [0.1, 0.15) is 38.7 Å². The van der Waals surface area contributed by atoms with Gasteiger partial charge >= 0.3 is 6.03 Å². The van der Waals surface area contributed by atoms with E-state index in [4.69, 9.17) is 4.74 Å². The fourth-order valence-corrected chi connectivity index (χ4v) is 3.31. The number of carbonyl (C=O) groups is 1. The number of nitrogens with one attached hydrogen (secondary N) is 2. The molecule has 0 aliphatic carbocycles. The Hall–Kier alpha value is -1.11. The zero-order chi connectivity index (χ0) is 15.3. The van der Waals surface area contributed by atoms with Crippen molar-refractivity contribution in [3.8, 4) is 0 Å². The smallest absolute Gasteiger partial charge is 0.315 e. The van der Waals surface area contributed by atoms with Gasteiger partial charge in [0.15, 0.2) is 0 Å². The maximum atomic E-state index is 12.0. The van der Waals surface area contributed by atoms with Gasteiger partial charge in [-0.3, -0.25) is 0 Å². The van der Waals surface area contributed by atoms with Crippen LogP contribution in [0.3, 0.4) is 0 Å². The number of carbonyl (C=O) groups excluding carboxylic acids is 1. The molecule has 2 amide bonds. The van der Waals surface area contributed by atoms with E-state index in [0.717, 1.165) is 31.4 Å². The average molecular weight is 312 g/mol. The van der Waals surface area contributed by atoms with E-state index in [1.54, 1.807) is 6.92 Å². The van der Waals surface area contributed by atoms with Gasteiger partial charge in [-0.1, -0.05) is 6.92 Å². The minimum atomic E-state index is -1.05. The van der Waals surface area contributed by atoms with Gasteiger partial charge in [0.25, 0.3) is 0 Å². The van der Waals surface area contributed by atoms with E-state index in [2.05, 4.69) is 10.6 Å². The second-order valence-electron chi connectivity index (χ2n) is 5.68. The van der Waals surface area contributed by atoms with E-state index in [1.165, 1.54) is 11.3 Å². The first-order valence-corrected chi connectivity index (χ1v) is 8.38. The van der Waals surface area contributed by atoms with Gasteiger partial charge < -0.3 is 20.5 Å². The quantitative estimate of drug-likeness (QED) is 0.754. The maximum absolute atomic E-state index is 12.0. The number of aliphatic hydroxyl groups is 1. The average Bonchev–Trinajstić information content (AvgIpc) is 3.14. The van der Waals surface area contributed by atoms with Crippen LogP contribution in [0.5, 0.6) is 0 Å². The molecule has 0 radical (unpaired) electrons. The third kappa shape index (κ3) is 4.43. The van der Waals surface area contributed by atoms with Crippen molar-refractivity contribution in [2.24, 2.45) is 0 Å². The highest BCUT2D eigenvalue weighted by Crippen LogP contribution is 2.22. The lowest BCUT2D eigenvalue weighted by Gasteiger charge is -2.26. The Kier molecular flexibility index (Phi) is 5.61. The number of amides is 2. The van der Waals surface area contributed by atoms with Crippen LogP contribution in [-0.4, -0.2) is 36.4 Å². The van der Waals surface area contributed by atoms with Crippen LogP contribution >= 0.6 is 11.3 Å². The van der Waals surface area contributed by atoms with Crippen LogP contribution in [0.25, 0.3) is 0 Å². The van der Waals surface area contributed by atoms with E-state index < -0.39 is 5.60 Å². The normalized spacial score (nSPS) is 22.5. The van der Waals surface area contributed by atoms with Crippen molar-refractivity contribution in [3.63, 3.8) is 0 Å². The number of thiophene rings is 1. The molecule has 1 fully saturated rings. The van der Waals surface area contributed by atoms with Crippen molar-refractivity contribution in [2.45, 2.75) is 50.9 Å². The van der Waals surface area contributed by atoms with E-state index in [1.807, 2.05) is 23.8 Å². The summed E-state index contributed by atoms with van der Waals surface area (Å²) in [6, 6.07) is 1.64. The monoisotopic (exact) mass is 312 g/mol. The van der Waals surface area contributed by atoms with Gasteiger partial charge in [-0.15, -0.1) is 0 Å². The molecular weight excluding hydrogens is 288 g/mol. The summed E-state index contributed by atoms with van der Waals surface area (Å²) in [5, 5.41) is 19.9. The predicted octanol–water partition coefficient (Wildman–Crippen LogP) is 2.21. The van der Waals surface area contributed by atoms with Crippen LogP contribution in [0.2, 0.25) is 0 Å². The van der Waals surface area contributed by atoms with Crippen molar-refractivity contribution < 1.29 is 14.6 Å². The SMILES string of the molecule is CCC(NC(=O)NCC(C)(O)c1ccsc1)C1CCCO1. The highest BCUT2D eigenvalue weighted by atomic mass is 32.1. The number of rotatable bonds is 6. The Morgan fingerprint density at radius 1 is 1.67 bits per heavy atom. The van der Waals surface area contributed by atoms with Crippen molar-refractivity contribution in [3.05, 3.63) is 22.4 Å². The van der Waals surface area contributed by atoms with Gasteiger partial charge in [0.05, 0.1) is 18.7 Å². The fraction of sp³-hybridized carbons (Fsp3) is 0.667. The minimum Gasteiger partial charge on any atom is -0.384 e. The summed E-state index contributed by atoms with van der Waals surface area (Å²) in [6.45, 7) is 4.69. The first-order chi connectivity index (χ1) is 10.0. The second-order valence-corrected chi connectivity index (χ2v) is 6.46. The minimum absolute atomic E-state index is 0.0265. The largest absolute Gasteiger partial charge is 0.384 e. The highest BCUT2D eigenvalue weighted by molar-refractivity contribution is 7.08. The van der Waals surface area contributed by atoms with E-state index in [0.29, 0.717) is 0 Å². The molecule has 1 saturated heterocycles. The summed E-state index contributed by atoms with van der Waals surface area (Å²) in [4.78, 5) is 12.0. The highest BCUT2D eigenvalue weighted by Gasteiger charge is 2.27. The Morgan fingerprint density at radius 2 is 2.48 bits per heavy atom. The standard InChI is InChI=1S/C15H24N2O3S/c1-3-12(13-5-4-7-20-13)17-14(18)16-10-15(2,19)11-6-8-21-9-11/h6,8-9,12-13,19H,3-5,7,10H2,1-2H3,(H2,16,17,18). The molecule has 1 aromatic heterocycles. The number of hydrogen-bond donors (Lipinski definition) is 3. The number of hydrogen-bond acceptors (Lipinski definition) is 4. The number of urea groups is 1. The molecule has 3 N–H and O–H groups in total. The molecule has 118 valence electrons. The molecule has 6 heteroatoms. The van der Waals surface area contributed by atoms with E-state index in [9.17, 15) is 9.90 Å². The molecule has 1 aromatic rings. The topological polar surface area (TPSA) is 70.6 Å². The van der Waals surface area contributed by atoms with Gasteiger partial charge in [0.2, 0.25) is 0 Å². The molecule has 2 rings (SSSR count). The Morgan fingerprint density at radius 3 is 3.05 bits per heavy atom. The Balaban J connectivity index is 1.81. The van der Waals surface area contributed by atoms with Gasteiger partial charge in [-0.25, -0.2) is 4.79 Å². The third-order valence-electron chi connectivity index (χ3n) is 3.91. The van der Waals surface area contributed by atoms with Crippen molar-refractivity contribution in [2.75, 3.05) is 13.2 Å². The first kappa shape index (κ1) is 16.3. The Labute approximate surface area is 129 Å². The van der Waals surface area contributed by atoms with Crippen LogP contribution in [0.4, 0.5) is 4.79 Å². The summed E-state index contributed by atoms with van der Waals surface area (Å²) in [7, 11) is 0. The van der Waals surface area contributed by atoms with E-state index >= 15 is 0 Å². The summed E-state index contributed by atoms with van der Waals surface area (Å²) in [6.07, 6.45) is 2.99. The molecule has 3 atom stereocenters. The Bertz CT molecular complexity index is 442. The van der Waals surface area contributed by atoms with Crippen LogP contribution < -0.4 is 10.6 Å². The van der Waals surface area contributed by atoms with Gasteiger partial charge in [-0.05, 0) is 48.6 Å². The molecular formula is C15H24N2O3S. The molecule has 21 heavy (non-hydrogen) atoms. The third-order valence-corrected chi connectivity index (χ3v) is 4.59. The molecule has 1 aliphatic heterocycles. The lowest BCUT2D eigenvalue weighted by Crippen LogP contribution is -2.50. The summed E-state index contributed by atoms with van der Waals surface area (Å²) < 4.78 is 5.62. The summed E-state index contributed by atoms with van der Waals surface area (Å²) in [5.41, 5.74) is -0.234. The van der Waals surface area contributed by atoms with Crippen LogP contribution in [-0.2, 0) is 10.3 Å². The molecule has 0 bridgehead atoms. The zero-order valence-corrected chi connectivity index (χ0v) is 13.4. The van der Waals surface area contributed by atoms with Gasteiger partial charge in [-0.2, -0.15) is 11.3 Å². The molecule has 0 aromatic carbocycles. The summed E-state index contributed by atoms with van der Waals surface area (Å²) in [5.74, 6) is 0. The van der Waals surface area contributed by atoms with Gasteiger partial charge in [0, 0.05) is 6.61 Å². The van der Waals surface area contributed by atoms with Crippen molar-refractivity contribution in [1.29, 1.82) is 0 Å². The second kappa shape index (κ2) is 7.24. The molecule has 1 aliphatic rings. The summed E-state index contributed by atoms with van der Waals surface area (Å²) >= 11 is 1.53. The van der Waals surface area contributed by atoms with E-state index in [-0.39, 0.29) is 24.7 Å². The molecule has 0 saturated carbocycles. The van der Waals surface area contributed by atoms with Crippen LogP contribution in [0.15, 0.2) is 16.8 Å². The van der Waals surface area contributed by atoms with Crippen molar-refractivity contribution in [1.82, 2.24) is 10.6 Å². The number of ether oxygens (including phenoxy) is 1. The lowest BCUT2D eigenvalue weighted by atomic mass is 9.99. The fourth-order valence-electron chi connectivity index (χ4n) is 2.52. The molecule has 0 spiro atoms. The maximum Gasteiger partial charge on any atom is 0.315 e. The first-order valence-electron chi connectivity index (χ1n) is 7.44.